The summed E-state index contributed by atoms with van der Waals surface area (Å²) in [4.78, 5) is 12.4. The van der Waals surface area contributed by atoms with Crippen LogP contribution < -0.4 is 4.74 Å². The lowest BCUT2D eigenvalue weighted by atomic mass is 9.59. The highest BCUT2D eigenvalue weighted by atomic mass is 16.5. The number of carbonyl (C=O) groups is 1. The van der Waals surface area contributed by atoms with Gasteiger partial charge in [-0.3, -0.25) is 4.79 Å². The van der Waals surface area contributed by atoms with Gasteiger partial charge in [0.15, 0.2) is 0 Å². The smallest absolute Gasteiger partial charge is 0.136 e. The van der Waals surface area contributed by atoms with E-state index in [0.29, 0.717) is 6.42 Å². The number of carbonyl (C=O) groups excluding carboxylic acids is 1. The number of methoxy groups -OCH3 is 1. The minimum Gasteiger partial charge on any atom is -0.497 e. The largest absolute Gasteiger partial charge is 0.497 e. The summed E-state index contributed by atoms with van der Waals surface area (Å²) in [5.74, 6) is 0.101. The van der Waals surface area contributed by atoms with Crippen molar-refractivity contribution in [3.05, 3.63) is 29.8 Å². The second-order valence-electron chi connectivity index (χ2n) is 6.73. The van der Waals surface area contributed by atoms with E-state index in [-0.39, 0.29) is 17.6 Å². The van der Waals surface area contributed by atoms with Crippen LogP contribution >= 0.6 is 0 Å². The molecule has 4 atom stereocenters. The minimum absolute atomic E-state index is 0.00503. The molecule has 1 fully saturated rings. The molecule has 23 heavy (non-hydrogen) atoms. The van der Waals surface area contributed by atoms with Crippen molar-refractivity contribution >= 4 is 17.2 Å². The fourth-order valence-corrected chi connectivity index (χ4v) is 4.08. The average molecular weight is 314 g/mol. The molecule has 1 heterocycles. The van der Waals surface area contributed by atoms with E-state index in [2.05, 4.69) is 10.2 Å². The standard InChI is InChI=1S/C18H22N2O3/c1-10-15-14(20-19-10)9-18(3,22)17(11(2)21)16(15)12-5-7-13(23-4)8-6-12/h5-8,15-17,22H,9H2,1-4H3/t15-,16+,17+,18+/m1/s1. The predicted molar refractivity (Wildman–Crippen MR) is 89.2 cm³/mol. The Bertz CT molecular complexity index is 689. The van der Waals surface area contributed by atoms with Gasteiger partial charge in [-0.1, -0.05) is 12.1 Å². The monoisotopic (exact) mass is 314 g/mol. The Labute approximate surface area is 136 Å². The maximum Gasteiger partial charge on any atom is 0.136 e. The van der Waals surface area contributed by atoms with Gasteiger partial charge in [0, 0.05) is 24.0 Å². The zero-order valence-corrected chi connectivity index (χ0v) is 13.9. The fraction of sp³-hybridized carbons (Fsp3) is 0.500. The van der Waals surface area contributed by atoms with Crippen molar-refractivity contribution in [1.82, 2.24) is 0 Å². The van der Waals surface area contributed by atoms with Gasteiger partial charge in [-0.25, -0.2) is 0 Å². The van der Waals surface area contributed by atoms with Crippen LogP contribution in [-0.2, 0) is 4.79 Å². The van der Waals surface area contributed by atoms with Gasteiger partial charge in [0.1, 0.15) is 11.5 Å². The number of hydrogen-bond acceptors (Lipinski definition) is 5. The zero-order chi connectivity index (χ0) is 16.8. The Balaban J connectivity index is 2.11. The van der Waals surface area contributed by atoms with Crippen molar-refractivity contribution in [3.8, 4) is 5.75 Å². The molecular weight excluding hydrogens is 292 g/mol. The van der Waals surface area contributed by atoms with Crippen molar-refractivity contribution in [2.24, 2.45) is 22.0 Å². The third kappa shape index (κ3) is 2.59. The molecule has 0 amide bonds. The molecule has 0 spiro atoms. The van der Waals surface area contributed by atoms with Crippen molar-refractivity contribution < 1.29 is 14.6 Å². The average Bonchev–Trinajstić information content (AvgIpc) is 2.85. The van der Waals surface area contributed by atoms with Crippen molar-refractivity contribution in [3.63, 3.8) is 0 Å². The Hall–Kier alpha value is -2.01. The Morgan fingerprint density at radius 1 is 1.30 bits per heavy atom. The summed E-state index contributed by atoms with van der Waals surface area (Å²) in [5, 5.41) is 19.3. The minimum atomic E-state index is -1.12. The molecule has 3 rings (SSSR count). The topological polar surface area (TPSA) is 71.2 Å². The van der Waals surface area contributed by atoms with Crippen LogP contribution in [0.25, 0.3) is 0 Å². The second-order valence-corrected chi connectivity index (χ2v) is 6.73. The zero-order valence-electron chi connectivity index (χ0n) is 13.9. The first-order chi connectivity index (χ1) is 10.8. The third-order valence-corrected chi connectivity index (χ3v) is 5.01. The van der Waals surface area contributed by atoms with Gasteiger partial charge >= 0.3 is 0 Å². The molecule has 122 valence electrons. The molecule has 5 heteroatoms. The van der Waals surface area contributed by atoms with Gasteiger partial charge in [0.25, 0.3) is 0 Å². The number of benzene rings is 1. The maximum absolute atomic E-state index is 12.4. The van der Waals surface area contributed by atoms with E-state index in [1.165, 1.54) is 0 Å². The summed E-state index contributed by atoms with van der Waals surface area (Å²) in [6.07, 6.45) is 0.384. The van der Waals surface area contributed by atoms with Crippen LogP contribution in [0.2, 0.25) is 0 Å². The second kappa shape index (κ2) is 5.57. The van der Waals surface area contributed by atoms with Crippen LogP contribution in [0.15, 0.2) is 34.5 Å². The molecule has 1 aromatic carbocycles. The molecule has 5 nitrogen and oxygen atoms in total. The number of aliphatic hydroxyl groups is 1. The SMILES string of the molecule is COc1ccc([C@H]2[C@@H]3C(C)=NN=C3C[C@](C)(O)[C@H]2C(C)=O)cc1. The van der Waals surface area contributed by atoms with E-state index in [9.17, 15) is 9.90 Å². The predicted octanol–water partition coefficient (Wildman–Crippen LogP) is 2.59. The molecule has 0 bridgehead atoms. The summed E-state index contributed by atoms with van der Waals surface area (Å²) in [7, 11) is 1.62. The Morgan fingerprint density at radius 2 is 1.96 bits per heavy atom. The van der Waals surface area contributed by atoms with Gasteiger partial charge in [-0.15, -0.1) is 0 Å². The van der Waals surface area contributed by atoms with E-state index >= 15 is 0 Å². The van der Waals surface area contributed by atoms with Crippen LogP contribution in [0, 0.1) is 11.8 Å². The molecule has 1 aliphatic carbocycles. The Kier molecular flexibility index (Phi) is 3.84. The summed E-state index contributed by atoms with van der Waals surface area (Å²) >= 11 is 0. The van der Waals surface area contributed by atoms with E-state index in [0.717, 1.165) is 22.7 Å². The first-order valence-electron chi connectivity index (χ1n) is 7.83. The number of ether oxygens (including phenoxy) is 1. The van der Waals surface area contributed by atoms with Gasteiger partial charge < -0.3 is 9.84 Å². The third-order valence-electron chi connectivity index (χ3n) is 5.01. The number of rotatable bonds is 3. The van der Waals surface area contributed by atoms with Gasteiger partial charge in [0.05, 0.1) is 24.3 Å². The number of fused-ring (bicyclic) bond motifs is 1. The van der Waals surface area contributed by atoms with Gasteiger partial charge in [-0.05, 0) is 38.5 Å². The first kappa shape index (κ1) is 15.9. The summed E-state index contributed by atoms with van der Waals surface area (Å²) in [6, 6.07) is 7.69. The Morgan fingerprint density at radius 3 is 2.52 bits per heavy atom. The molecule has 1 aromatic rings. The normalized spacial score (nSPS) is 32.8. The van der Waals surface area contributed by atoms with Crippen LogP contribution in [0.3, 0.4) is 0 Å². The number of Topliss-reactive ketones (excluding diaryl/α,β-unsaturated/α-hetero) is 1. The highest BCUT2D eigenvalue weighted by Gasteiger charge is 2.53. The van der Waals surface area contributed by atoms with E-state index < -0.39 is 11.5 Å². The molecule has 0 unspecified atom stereocenters. The number of nitrogens with zero attached hydrogens (tertiary/aromatic N) is 2. The fourth-order valence-electron chi connectivity index (χ4n) is 4.08. The summed E-state index contributed by atoms with van der Waals surface area (Å²) in [6.45, 7) is 5.22. The molecule has 0 radical (unpaired) electrons. The lowest BCUT2D eigenvalue weighted by molar-refractivity contribution is -0.131. The van der Waals surface area contributed by atoms with Crippen LogP contribution in [0.5, 0.6) is 5.75 Å². The van der Waals surface area contributed by atoms with Gasteiger partial charge in [0.2, 0.25) is 0 Å². The lowest BCUT2D eigenvalue weighted by Gasteiger charge is -2.45. The van der Waals surface area contributed by atoms with Crippen molar-refractivity contribution in [2.45, 2.75) is 38.7 Å². The molecule has 1 N–H and O–H groups in total. The number of hydrogen-bond donors (Lipinski definition) is 1. The van der Waals surface area contributed by atoms with Crippen LogP contribution in [0.1, 0.15) is 38.7 Å². The first-order valence-corrected chi connectivity index (χ1v) is 7.83. The van der Waals surface area contributed by atoms with E-state index in [1.54, 1.807) is 21.0 Å². The number of ketones is 1. The highest BCUT2D eigenvalue weighted by Crippen LogP contribution is 2.48. The summed E-state index contributed by atoms with van der Waals surface area (Å²) < 4.78 is 5.22. The molecule has 0 saturated heterocycles. The van der Waals surface area contributed by atoms with E-state index in [1.807, 2.05) is 31.2 Å². The van der Waals surface area contributed by atoms with Crippen molar-refractivity contribution in [1.29, 1.82) is 0 Å². The molecule has 1 saturated carbocycles. The van der Waals surface area contributed by atoms with Crippen LogP contribution in [-0.4, -0.2) is 35.0 Å². The highest BCUT2D eigenvalue weighted by molar-refractivity contribution is 6.12. The quantitative estimate of drug-likeness (QED) is 0.932. The lowest BCUT2D eigenvalue weighted by Crippen LogP contribution is -2.53. The molecule has 1 aliphatic heterocycles. The molecule has 2 aliphatic rings. The molecule has 0 aromatic heterocycles. The van der Waals surface area contributed by atoms with Gasteiger partial charge in [-0.2, -0.15) is 10.2 Å². The van der Waals surface area contributed by atoms with Crippen LogP contribution in [0.4, 0.5) is 0 Å². The molecular formula is C18H22N2O3. The maximum atomic E-state index is 12.4. The summed E-state index contributed by atoms with van der Waals surface area (Å²) in [5.41, 5.74) is 1.65. The van der Waals surface area contributed by atoms with Crippen molar-refractivity contribution in [2.75, 3.05) is 7.11 Å². The van der Waals surface area contributed by atoms with E-state index in [4.69, 9.17) is 4.74 Å².